The van der Waals surface area contributed by atoms with E-state index in [1.54, 1.807) is 0 Å². The molecule has 12 heavy (non-hydrogen) atoms. The van der Waals surface area contributed by atoms with E-state index < -0.39 is 0 Å². The Bertz CT molecular complexity index is 165. The van der Waals surface area contributed by atoms with Crippen LogP contribution in [0.4, 0.5) is 0 Å². The Kier molecular flexibility index (Phi) is 2.30. The van der Waals surface area contributed by atoms with Gasteiger partial charge in [-0.2, -0.15) is 0 Å². The molecule has 0 radical (unpaired) electrons. The van der Waals surface area contributed by atoms with Gasteiger partial charge in [-0.05, 0) is 25.8 Å². The van der Waals surface area contributed by atoms with Crippen molar-refractivity contribution >= 4 is 5.91 Å². The third-order valence-corrected chi connectivity index (χ3v) is 2.63. The van der Waals surface area contributed by atoms with Crippen LogP contribution in [0.2, 0.25) is 0 Å². The van der Waals surface area contributed by atoms with E-state index in [1.807, 2.05) is 0 Å². The van der Waals surface area contributed by atoms with E-state index in [1.165, 1.54) is 12.8 Å². The molecule has 2 aliphatic rings. The summed E-state index contributed by atoms with van der Waals surface area (Å²) in [7, 11) is 0. The third-order valence-electron chi connectivity index (χ3n) is 2.63. The summed E-state index contributed by atoms with van der Waals surface area (Å²) in [5, 5.41) is 2.92. The number of nitrogens with one attached hydrogen (secondary N) is 1. The Hall–Kier alpha value is -0.570. The van der Waals surface area contributed by atoms with Crippen LogP contribution < -0.4 is 5.32 Å². The average molecular weight is 168 g/mol. The number of carbonyl (C=O) groups is 1. The van der Waals surface area contributed by atoms with Crippen molar-refractivity contribution in [1.82, 2.24) is 10.2 Å². The van der Waals surface area contributed by atoms with Crippen molar-refractivity contribution in [2.24, 2.45) is 0 Å². The second kappa shape index (κ2) is 3.44. The van der Waals surface area contributed by atoms with Gasteiger partial charge in [0, 0.05) is 25.6 Å². The number of rotatable bonds is 1. The fourth-order valence-corrected chi connectivity index (χ4v) is 1.79. The summed E-state index contributed by atoms with van der Waals surface area (Å²) in [5.74, 6) is 0.227. The van der Waals surface area contributed by atoms with E-state index in [2.05, 4.69) is 10.2 Å². The van der Waals surface area contributed by atoms with Crippen LogP contribution in [0.5, 0.6) is 0 Å². The maximum atomic E-state index is 11.0. The fraction of sp³-hybridized carbons (Fsp3) is 0.889. The van der Waals surface area contributed by atoms with Crippen molar-refractivity contribution in [3.8, 4) is 0 Å². The standard InChI is InChI=1S/C9H16N2O/c12-9-2-1-6-11(7-5-10-9)8-3-4-8/h8H,1-7H2,(H,10,12). The van der Waals surface area contributed by atoms with Crippen LogP contribution in [0.3, 0.4) is 0 Å². The van der Waals surface area contributed by atoms with Crippen molar-refractivity contribution in [3.05, 3.63) is 0 Å². The zero-order valence-electron chi connectivity index (χ0n) is 7.38. The minimum absolute atomic E-state index is 0.227. The lowest BCUT2D eigenvalue weighted by atomic mass is 10.2. The molecule has 2 fully saturated rings. The van der Waals surface area contributed by atoms with Gasteiger partial charge >= 0.3 is 0 Å². The summed E-state index contributed by atoms with van der Waals surface area (Å²) in [6, 6.07) is 0.847. The Balaban J connectivity index is 1.81. The summed E-state index contributed by atoms with van der Waals surface area (Å²) < 4.78 is 0. The molecular weight excluding hydrogens is 152 g/mol. The number of hydrogen-bond acceptors (Lipinski definition) is 2. The van der Waals surface area contributed by atoms with Crippen molar-refractivity contribution in [1.29, 1.82) is 0 Å². The SMILES string of the molecule is O=C1CCCN(C2CC2)CCN1. The molecule has 0 aromatic heterocycles. The van der Waals surface area contributed by atoms with Crippen molar-refractivity contribution in [2.75, 3.05) is 19.6 Å². The number of nitrogens with zero attached hydrogens (tertiary/aromatic N) is 1. The van der Waals surface area contributed by atoms with Gasteiger partial charge in [0.15, 0.2) is 0 Å². The Labute approximate surface area is 73.1 Å². The Morgan fingerprint density at radius 2 is 2.17 bits per heavy atom. The first kappa shape index (κ1) is 8.05. The van der Waals surface area contributed by atoms with Gasteiger partial charge < -0.3 is 5.32 Å². The summed E-state index contributed by atoms with van der Waals surface area (Å²) >= 11 is 0. The van der Waals surface area contributed by atoms with Gasteiger partial charge in [0.2, 0.25) is 5.91 Å². The molecule has 2 rings (SSSR count). The summed E-state index contributed by atoms with van der Waals surface area (Å²) in [4.78, 5) is 13.5. The molecule has 0 aromatic rings. The molecule has 1 saturated heterocycles. The second-order valence-electron chi connectivity index (χ2n) is 3.72. The van der Waals surface area contributed by atoms with Gasteiger partial charge in [-0.3, -0.25) is 9.69 Å². The highest BCUT2D eigenvalue weighted by atomic mass is 16.1. The predicted molar refractivity (Wildman–Crippen MR) is 46.8 cm³/mol. The molecule has 0 aromatic carbocycles. The Morgan fingerprint density at radius 3 is 2.92 bits per heavy atom. The van der Waals surface area contributed by atoms with Gasteiger partial charge in [0.1, 0.15) is 0 Å². The largest absolute Gasteiger partial charge is 0.355 e. The molecule has 1 saturated carbocycles. The van der Waals surface area contributed by atoms with E-state index in [0.717, 1.165) is 32.1 Å². The highest BCUT2D eigenvalue weighted by Gasteiger charge is 2.28. The van der Waals surface area contributed by atoms with Crippen LogP contribution in [0.1, 0.15) is 25.7 Å². The highest BCUT2D eigenvalue weighted by molar-refractivity contribution is 5.75. The topological polar surface area (TPSA) is 32.3 Å². The maximum absolute atomic E-state index is 11.0. The van der Waals surface area contributed by atoms with Crippen LogP contribution in [0.25, 0.3) is 0 Å². The molecule has 1 aliphatic carbocycles. The number of hydrogen-bond donors (Lipinski definition) is 1. The first-order chi connectivity index (χ1) is 5.86. The molecule has 0 bridgehead atoms. The van der Waals surface area contributed by atoms with E-state index >= 15 is 0 Å². The fourth-order valence-electron chi connectivity index (χ4n) is 1.79. The molecule has 68 valence electrons. The smallest absolute Gasteiger partial charge is 0.220 e. The monoisotopic (exact) mass is 168 g/mol. The van der Waals surface area contributed by atoms with Gasteiger partial charge in [0.25, 0.3) is 0 Å². The van der Waals surface area contributed by atoms with Crippen LogP contribution >= 0.6 is 0 Å². The molecule has 1 N–H and O–H groups in total. The minimum Gasteiger partial charge on any atom is -0.355 e. The van der Waals surface area contributed by atoms with Crippen molar-refractivity contribution in [3.63, 3.8) is 0 Å². The van der Waals surface area contributed by atoms with Crippen LogP contribution in [0, 0.1) is 0 Å². The van der Waals surface area contributed by atoms with Crippen LogP contribution in [-0.2, 0) is 4.79 Å². The summed E-state index contributed by atoms with van der Waals surface area (Å²) in [6.45, 7) is 3.02. The lowest BCUT2D eigenvalue weighted by Crippen LogP contribution is -2.39. The molecule has 3 heteroatoms. The molecule has 0 spiro atoms. The zero-order chi connectivity index (χ0) is 8.39. The lowest BCUT2D eigenvalue weighted by molar-refractivity contribution is -0.121. The molecule has 0 unspecified atom stereocenters. The van der Waals surface area contributed by atoms with Crippen molar-refractivity contribution < 1.29 is 4.79 Å². The molecule has 1 aliphatic heterocycles. The highest BCUT2D eigenvalue weighted by Crippen LogP contribution is 2.26. The second-order valence-corrected chi connectivity index (χ2v) is 3.72. The normalized spacial score (nSPS) is 27.5. The van der Waals surface area contributed by atoms with E-state index in [4.69, 9.17) is 0 Å². The summed E-state index contributed by atoms with van der Waals surface area (Å²) in [5.41, 5.74) is 0. The van der Waals surface area contributed by atoms with E-state index in [9.17, 15) is 4.79 Å². The van der Waals surface area contributed by atoms with E-state index in [0.29, 0.717) is 6.42 Å². The number of amides is 1. The maximum Gasteiger partial charge on any atom is 0.220 e. The predicted octanol–water partition coefficient (Wildman–Crippen LogP) is 0.361. The first-order valence-corrected chi connectivity index (χ1v) is 4.87. The molecule has 0 atom stereocenters. The van der Waals surface area contributed by atoms with Gasteiger partial charge in [-0.15, -0.1) is 0 Å². The summed E-state index contributed by atoms with van der Waals surface area (Å²) in [6.07, 6.45) is 4.48. The van der Waals surface area contributed by atoms with Crippen molar-refractivity contribution in [2.45, 2.75) is 31.7 Å². The van der Waals surface area contributed by atoms with Gasteiger partial charge in [-0.1, -0.05) is 0 Å². The zero-order valence-corrected chi connectivity index (χ0v) is 7.38. The van der Waals surface area contributed by atoms with Crippen LogP contribution in [-0.4, -0.2) is 36.5 Å². The van der Waals surface area contributed by atoms with Gasteiger partial charge in [-0.25, -0.2) is 0 Å². The molecule has 1 heterocycles. The molecular formula is C9H16N2O. The quantitative estimate of drug-likeness (QED) is 0.613. The third kappa shape index (κ3) is 1.97. The first-order valence-electron chi connectivity index (χ1n) is 4.87. The minimum atomic E-state index is 0.227. The van der Waals surface area contributed by atoms with Crippen LogP contribution in [0.15, 0.2) is 0 Å². The van der Waals surface area contributed by atoms with Gasteiger partial charge in [0.05, 0.1) is 0 Å². The number of carbonyl (C=O) groups excluding carboxylic acids is 1. The Morgan fingerprint density at radius 1 is 1.33 bits per heavy atom. The molecule has 3 nitrogen and oxygen atoms in total. The molecule has 1 amide bonds. The lowest BCUT2D eigenvalue weighted by Gasteiger charge is -2.24. The average Bonchev–Trinajstić information content (AvgIpc) is 2.79. The van der Waals surface area contributed by atoms with E-state index in [-0.39, 0.29) is 5.91 Å².